The van der Waals surface area contributed by atoms with E-state index in [2.05, 4.69) is 17.1 Å². The Morgan fingerprint density at radius 3 is 2.95 bits per heavy atom. The maximum atomic E-state index is 11.7. The summed E-state index contributed by atoms with van der Waals surface area (Å²) in [6.07, 6.45) is 2.01. The van der Waals surface area contributed by atoms with Gasteiger partial charge in [-0.1, -0.05) is 31.2 Å². The summed E-state index contributed by atoms with van der Waals surface area (Å²) in [5, 5.41) is 7.36. The van der Waals surface area contributed by atoms with Gasteiger partial charge in [0.15, 0.2) is 16.7 Å². The van der Waals surface area contributed by atoms with Crippen molar-refractivity contribution in [3.8, 4) is 11.5 Å². The number of hydrogen-bond donors (Lipinski definition) is 1. The van der Waals surface area contributed by atoms with Gasteiger partial charge in [0, 0.05) is 12.3 Å². The average Bonchev–Trinajstić information content (AvgIpc) is 2.91. The standard InChI is InChI=1S/C15H19N3O3S/c1-2-3-6-18-14(19)16-17-15(18)22-10-11-4-5-12-13(9-11)21-8-7-20-12/h4-5,9H,2-3,6-8,10H2,1H3,(H,16,19). The highest BCUT2D eigenvalue weighted by molar-refractivity contribution is 7.98. The number of nitrogens with one attached hydrogen (secondary N) is 1. The van der Waals surface area contributed by atoms with E-state index in [1.54, 1.807) is 16.3 Å². The monoisotopic (exact) mass is 321 g/mol. The van der Waals surface area contributed by atoms with Crippen molar-refractivity contribution in [2.45, 2.75) is 37.2 Å². The number of ether oxygens (including phenoxy) is 2. The molecular weight excluding hydrogens is 302 g/mol. The summed E-state index contributed by atoms with van der Waals surface area (Å²) in [5.74, 6) is 2.31. The number of unbranched alkanes of at least 4 members (excludes halogenated alkanes) is 1. The van der Waals surface area contributed by atoms with Gasteiger partial charge in [0.25, 0.3) is 0 Å². The third kappa shape index (κ3) is 3.30. The van der Waals surface area contributed by atoms with Gasteiger partial charge in [0.05, 0.1) is 0 Å². The van der Waals surface area contributed by atoms with Crippen molar-refractivity contribution in [1.82, 2.24) is 14.8 Å². The van der Waals surface area contributed by atoms with E-state index in [9.17, 15) is 4.79 Å². The third-order valence-corrected chi connectivity index (χ3v) is 4.48. The van der Waals surface area contributed by atoms with Crippen molar-refractivity contribution < 1.29 is 9.47 Å². The van der Waals surface area contributed by atoms with Crippen LogP contribution in [0.3, 0.4) is 0 Å². The van der Waals surface area contributed by atoms with Crippen LogP contribution in [0.25, 0.3) is 0 Å². The smallest absolute Gasteiger partial charge is 0.343 e. The molecule has 2 aromatic rings. The molecule has 2 heterocycles. The first-order valence-corrected chi connectivity index (χ1v) is 8.43. The van der Waals surface area contributed by atoms with Gasteiger partial charge >= 0.3 is 5.69 Å². The fraction of sp³-hybridized carbons (Fsp3) is 0.467. The van der Waals surface area contributed by atoms with Crippen LogP contribution < -0.4 is 15.2 Å². The lowest BCUT2D eigenvalue weighted by Gasteiger charge is -2.18. The van der Waals surface area contributed by atoms with E-state index in [-0.39, 0.29) is 5.69 Å². The number of hydrogen-bond acceptors (Lipinski definition) is 5. The number of benzene rings is 1. The highest BCUT2D eigenvalue weighted by Gasteiger charge is 2.13. The second-order valence-electron chi connectivity index (χ2n) is 5.08. The Balaban J connectivity index is 1.69. The number of nitrogens with zero attached hydrogens (tertiary/aromatic N) is 2. The molecule has 0 unspecified atom stereocenters. The Labute approximate surface area is 132 Å². The summed E-state index contributed by atoms with van der Waals surface area (Å²) in [6, 6.07) is 5.93. The summed E-state index contributed by atoms with van der Waals surface area (Å²) in [4.78, 5) is 11.7. The number of fused-ring (bicyclic) bond motifs is 1. The van der Waals surface area contributed by atoms with E-state index in [0.29, 0.717) is 19.8 Å². The molecule has 0 bridgehead atoms. The van der Waals surface area contributed by atoms with Crippen LogP contribution >= 0.6 is 11.8 Å². The highest BCUT2D eigenvalue weighted by Crippen LogP contribution is 2.32. The van der Waals surface area contributed by atoms with Crippen LogP contribution in [-0.4, -0.2) is 28.0 Å². The van der Waals surface area contributed by atoms with Crippen LogP contribution in [-0.2, 0) is 12.3 Å². The summed E-state index contributed by atoms with van der Waals surface area (Å²) < 4.78 is 12.8. The molecule has 7 heteroatoms. The number of rotatable bonds is 6. The predicted octanol–water partition coefficient (Wildman–Crippen LogP) is 2.43. The van der Waals surface area contributed by atoms with E-state index in [0.717, 1.165) is 40.8 Å². The zero-order chi connectivity index (χ0) is 15.4. The number of aromatic nitrogens is 3. The van der Waals surface area contributed by atoms with Gasteiger partial charge in [-0.25, -0.2) is 9.89 Å². The van der Waals surface area contributed by atoms with Gasteiger partial charge in [0.2, 0.25) is 0 Å². The maximum Gasteiger partial charge on any atom is 0.343 e. The second kappa shape index (κ2) is 6.91. The van der Waals surface area contributed by atoms with Gasteiger partial charge in [-0.2, -0.15) is 0 Å². The second-order valence-corrected chi connectivity index (χ2v) is 6.03. The molecular formula is C15H19N3O3S. The minimum absolute atomic E-state index is 0.141. The van der Waals surface area contributed by atoms with Crippen LogP contribution in [0, 0.1) is 0 Å². The van der Waals surface area contributed by atoms with Crippen molar-refractivity contribution >= 4 is 11.8 Å². The lowest BCUT2D eigenvalue weighted by Crippen LogP contribution is -2.17. The Kier molecular flexibility index (Phi) is 4.72. The largest absolute Gasteiger partial charge is 0.486 e. The molecule has 1 N–H and O–H groups in total. The molecule has 1 aliphatic rings. The van der Waals surface area contributed by atoms with E-state index in [1.807, 2.05) is 18.2 Å². The lowest BCUT2D eigenvalue weighted by atomic mass is 10.2. The van der Waals surface area contributed by atoms with Gasteiger partial charge in [-0.05, 0) is 24.1 Å². The number of thioether (sulfide) groups is 1. The predicted molar refractivity (Wildman–Crippen MR) is 84.7 cm³/mol. The van der Waals surface area contributed by atoms with E-state index in [4.69, 9.17) is 9.47 Å². The van der Waals surface area contributed by atoms with Gasteiger partial charge in [0.1, 0.15) is 13.2 Å². The quantitative estimate of drug-likeness (QED) is 0.828. The molecule has 0 saturated carbocycles. The highest BCUT2D eigenvalue weighted by atomic mass is 32.2. The molecule has 22 heavy (non-hydrogen) atoms. The van der Waals surface area contributed by atoms with Crippen LogP contribution in [0.2, 0.25) is 0 Å². The Bertz CT molecular complexity index is 696. The first kappa shape index (κ1) is 15.0. The average molecular weight is 321 g/mol. The summed E-state index contributed by atoms with van der Waals surface area (Å²) in [6.45, 7) is 3.99. The molecule has 0 spiro atoms. The molecule has 0 radical (unpaired) electrons. The molecule has 0 saturated heterocycles. The number of H-pyrrole nitrogens is 1. The van der Waals surface area contributed by atoms with Crippen molar-refractivity contribution in [3.63, 3.8) is 0 Å². The summed E-state index contributed by atoms with van der Waals surface area (Å²) in [5.41, 5.74) is 0.977. The zero-order valence-electron chi connectivity index (χ0n) is 12.5. The fourth-order valence-electron chi connectivity index (χ4n) is 2.25. The summed E-state index contributed by atoms with van der Waals surface area (Å²) in [7, 11) is 0. The first-order chi connectivity index (χ1) is 10.8. The fourth-order valence-corrected chi connectivity index (χ4v) is 3.17. The van der Waals surface area contributed by atoms with E-state index < -0.39 is 0 Å². The Hall–Kier alpha value is -1.89. The molecule has 1 aromatic heterocycles. The Morgan fingerprint density at radius 1 is 1.32 bits per heavy atom. The molecule has 0 fully saturated rings. The zero-order valence-corrected chi connectivity index (χ0v) is 13.3. The SMILES string of the molecule is CCCCn1c(SCc2ccc3c(c2)OCCO3)n[nH]c1=O. The Morgan fingerprint density at radius 2 is 2.14 bits per heavy atom. The number of aromatic amines is 1. The van der Waals surface area contributed by atoms with Crippen LogP contribution in [0.15, 0.2) is 28.2 Å². The van der Waals surface area contributed by atoms with Crippen molar-refractivity contribution in [1.29, 1.82) is 0 Å². The third-order valence-electron chi connectivity index (χ3n) is 3.43. The maximum absolute atomic E-state index is 11.7. The summed E-state index contributed by atoms with van der Waals surface area (Å²) >= 11 is 1.55. The molecule has 1 aliphatic heterocycles. The molecule has 3 rings (SSSR count). The van der Waals surface area contributed by atoms with Crippen molar-refractivity contribution in [2.24, 2.45) is 0 Å². The van der Waals surface area contributed by atoms with Crippen LogP contribution in [0.4, 0.5) is 0 Å². The van der Waals surface area contributed by atoms with E-state index in [1.165, 1.54) is 0 Å². The van der Waals surface area contributed by atoms with Gasteiger partial charge in [-0.3, -0.25) is 4.57 Å². The van der Waals surface area contributed by atoms with Crippen molar-refractivity contribution in [2.75, 3.05) is 13.2 Å². The molecule has 6 nitrogen and oxygen atoms in total. The molecule has 1 aromatic carbocycles. The molecule has 0 atom stereocenters. The normalized spacial score (nSPS) is 13.3. The van der Waals surface area contributed by atoms with Crippen LogP contribution in [0.1, 0.15) is 25.3 Å². The topological polar surface area (TPSA) is 69.1 Å². The minimum atomic E-state index is -0.141. The minimum Gasteiger partial charge on any atom is -0.486 e. The lowest BCUT2D eigenvalue weighted by molar-refractivity contribution is 0.171. The van der Waals surface area contributed by atoms with Gasteiger partial charge < -0.3 is 9.47 Å². The first-order valence-electron chi connectivity index (χ1n) is 7.44. The molecule has 0 aliphatic carbocycles. The van der Waals surface area contributed by atoms with Crippen LogP contribution in [0.5, 0.6) is 11.5 Å². The van der Waals surface area contributed by atoms with Crippen molar-refractivity contribution in [3.05, 3.63) is 34.2 Å². The van der Waals surface area contributed by atoms with E-state index >= 15 is 0 Å². The molecule has 0 amide bonds. The van der Waals surface area contributed by atoms with Gasteiger partial charge in [-0.15, -0.1) is 5.10 Å². The molecule has 118 valence electrons.